The van der Waals surface area contributed by atoms with Gasteiger partial charge >= 0.3 is 5.97 Å². The number of pyridine rings is 1. The second-order valence-electron chi connectivity index (χ2n) is 4.88. The molecule has 0 saturated carbocycles. The number of carbonyl (C=O) groups excluding carboxylic acids is 1. The summed E-state index contributed by atoms with van der Waals surface area (Å²) >= 11 is 0. The number of nitrogens with one attached hydrogen (secondary N) is 1. The van der Waals surface area contributed by atoms with Gasteiger partial charge in [-0.1, -0.05) is 0 Å². The van der Waals surface area contributed by atoms with Gasteiger partial charge in [0.2, 0.25) is 5.91 Å². The molecule has 1 rings (SSSR count). The molecule has 0 spiro atoms. The fraction of sp³-hybridized carbons (Fsp3) is 0.308. The first-order valence-corrected chi connectivity index (χ1v) is 7.81. The molecule has 0 aromatic carbocycles. The van der Waals surface area contributed by atoms with Gasteiger partial charge in [0.25, 0.3) is 0 Å². The van der Waals surface area contributed by atoms with Crippen LogP contribution >= 0.6 is 0 Å². The Bertz CT molecular complexity index is 692. The Kier molecular flexibility index (Phi) is 4.84. The normalized spacial score (nSPS) is 12.3. The maximum Gasteiger partial charge on any atom is 0.328 e. The van der Waals surface area contributed by atoms with Gasteiger partial charge in [-0.05, 0) is 37.6 Å². The molecule has 21 heavy (non-hydrogen) atoms. The Morgan fingerprint density at radius 2 is 2.00 bits per heavy atom. The summed E-state index contributed by atoms with van der Waals surface area (Å²) < 4.78 is 21.5. The molecule has 0 fully saturated rings. The summed E-state index contributed by atoms with van der Waals surface area (Å²) in [6, 6.07) is 2.99. The van der Waals surface area contributed by atoms with Gasteiger partial charge in [-0.3, -0.25) is 4.79 Å². The lowest BCUT2D eigenvalue weighted by Crippen LogP contribution is -2.44. The molecule has 0 aliphatic carbocycles. The van der Waals surface area contributed by atoms with Gasteiger partial charge in [0.05, 0.1) is 0 Å². The van der Waals surface area contributed by atoms with E-state index >= 15 is 0 Å². The molecule has 0 radical (unpaired) electrons. The summed E-state index contributed by atoms with van der Waals surface area (Å²) in [5.41, 5.74) is 0.514. The van der Waals surface area contributed by atoms with Gasteiger partial charge in [0, 0.05) is 18.5 Å². The molecule has 1 aromatic heterocycles. The first kappa shape index (κ1) is 16.8. The maximum absolute atomic E-state index is 12.0. The van der Waals surface area contributed by atoms with Crippen molar-refractivity contribution in [3.05, 3.63) is 30.0 Å². The summed E-state index contributed by atoms with van der Waals surface area (Å²) in [6.07, 6.45) is 4.64. The minimum absolute atomic E-state index is 0.143. The lowest BCUT2D eigenvalue weighted by molar-refractivity contribution is -0.131. The second kappa shape index (κ2) is 6.04. The smallest absolute Gasteiger partial charge is 0.328 e. The standard InChI is InChI=1S/C13H16N2O5S/c1-13(2,21(3,19)20)12(18)15-10-8-9(6-7-14-10)4-5-11(16)17/h4-8H,1-3H3,(H,16,17)(H,14,15,18)/b5-4+. The van der Waals surface area contributed by atoms with E-state index in [0.29, 0.717) is 5.56 Å². The minimum atomic E-state index is -3.58. The van der Waals surface area contributed by atoms with E-state index in [9.17, 15) is 18.0 Å². The number of carboxylic acid groups (broad SMARTS) is 1. The zero-order chi connectivity index (χ0) is 16.3. The molecule has 0 unspecified atom stereocenters. The summed E-state index contributed by atoms with van der Waals surface area (Å²) in [5.74, 6) is -1.67. The van der Waals surface area contributed by atoms with E-state index in [1.165, 1.54) is 32.2 Å². The quantitative estimate of drug-likeness (QED) is 0.782. The molecule has 7 nitrogen and oxygen atoms in total. The lowest BCUT2D eigenvalue weighted by atomic mass is 10.2. The highest BCUT2D eigenvalue weighted by atomic mass is 32.2. The highest BCUT2D eigenvalue weighted by molar-refractivity contribution is 7.92. The third-order valence-electron chi connectivity index (χ3n) is 2.92. The third kappa shape index (κ3) is 4.38. The van der Waals surface area contributed by atoms with E-state index in [4.69, 9.17) is 5.11 Å². The first-order chi connectivity index (χ1) is 9.54. The lowest BCUT2D eigenvalue weighted by Gasteiger charge is -2.21. The van der Waals surface area contributed by atoms with Crippen molar-refractivity contribution in [1.82, 2.24) is 4.98 Å². The highest BCUT2D eigenvalue weighted by Crippen LogP contribution is 2.18. The number of hydrogen-bond acceptors (Lipinski definition) is 5. The fourth-order valence-corrected chi connectivity index (χ4v) is 1.61. The van der Waals surface area contributed by atoms with Crippen LogP contribution in [0, 0.1) is 0 Å². The van der Waals surface area contributed by atoms with E-state index in [-0.39, 0.29) is 5.82 Å². The molecule has 0 bridgehead atoms. The molecule has 114 valence electrons. The number of hydrogen-bond donors (Lipinski definition) is 2. The van der Waals surface area contributed by atoms with Crippen molar-refractivity contribution in [3.8, 4) is 0 Å². The van der Waals surface area contributed by atoms with Crippen LogP contribution < -0.4 is 5.32 Å². The highest BCUT2D eigenvalue weighted by Gasteiger charge is 2.38. The molecule has 0 atom stereocenters. The Labute approximate surface area is 122 Å². The average molecular weight is 312 g/mol. The van der Waals surface area contributed by atoms with Crippen LogP contribution in [-0.2, 0) is 19.4 Å². The van der Waals surface area contributed by atoms with Gasteiger partial charge in [-0.15, -0.1) is 0 Å². The predicted molar refractivity (Wildman–Crippen MR) is 78.5 cm³/mol. The van der Waals surface area contributed by atoms with Crippen molar-refractivity contribution in [1.29, 1.82) is 0 Å². The number of carbonyl (C=O) groups is 2. The SMILES string of the molecule is CC(C)(C(=O)Nc1cc(/C=C/C(=O)O)ccn1)S(C)(=O)=O. The Morgan fingerprint density at radius 3 is 2.52 bits per heavy atom. The minimum Gasteiger partial charge on any atom is -0.478 e. The molecule has 0 saturated heterocycles. The second-order valence-corrected chi connectivity index (χ2v) is 7.45. The van der Waals surface area contributed by atoms with Gasteiger partial charge in [-0.25, -0.2) is 18.2 Å². The monoisotopic (exact) mass is 312 g/mol. The molecule has 1 heterocycles. The van der Waals surface area contributed by atoms with Crippen molar-refractivity contribution < 1.29 is 23.1 Å². The van der Waals surface area contributed by atoms with Crippen molar-refractivity contribution in [2.24, 2.45) is 0 Å². The van der Waals surface area contributed by atoms with E-state index in [1.54, 1.807) is 6.07 Å². The van der Waals surface area contributed by atoms with Crippen molar-refractivity contribution >= 4 is 33.6 Å². The molecule has 0 aliphatic heterocycles. The van der Waals surface area contributed by atoms with Crippen LogP contribution in [0.15, 0.2) is 24.4 Å². The number of anilines is 1. The Balaban J connectivity index is 2.97. The first-order valence-electron chi connectivity index (χ1n) is 5.92. The largest absolute Gasteiger partial charge is 0.478 e. The van der Waals surface area contributed by atoms with Crippen molar-refractivity contribution in [2.45, 2.75) is 18.6 Å². The molecular formula is C13H16N2O5S. The van der Waals surface area contributed by atoms with Gasteiger partial charge in [-0.2, -0.15) is 0 Å². The number of aliphatic carboxylic acids is 1. The number of rotatable bonds is 5. The van der Waals surface area contributed by atoms with Crippen molar-refractivity contribution in [3.63, 3.8) is 0 Å². The summed E-state index contributed by atoms with van der Waals surface area (Å²) in [5, 5.41) is 11.0. The summed E-state index contributed by atoms with van der Waals surface area (Å²) in [7, 11) is -3.58. The zero-order valence-corrected chi connectivity index (χ0v) is 12.6. The Morgan fingerprint density at radius 1 is 1.38 bits per heavy atom. The van der Waals surface area contributed by atoms with Crippen molar-refractivity contribution in [2.75, 3.05) is 11.6 Å². The molecule has 1 amide bonds. The van der Waals surface area contributed by atoms with Gasteiger partial charge < -0.3 is 10.4 Å². The van der Waals surface area contributed by atoms with Crippen LogP contribution in [0.3, 0.4) is 0 Å². The fourth-order valence-electron chi connectivity index (χ4n) is 1.22. The van der Waals surface area contributed by atoms with Gasteiger partial charge in [0.1, 0.15) is 10.6 Å². The molecule has 1 aromatic rings. The van der Waals surface area contributed by atoms with Crippen LogP contribution in [-0.4, -0.2) is 41.4 Å². The predicted octanol–water partition coefficient (Wildman–Crippen LogP) is 0.941. The van der Waals surface area contributed by atoms with E-state index < -0.39 is 26.5 Å². The molecule has 2 N–H and O–H groups in total. The molecular weight excluding hydrogens is 296 g/mol. The third-order valence-corrected chi connectivity index (χ3v) is 4.96. The van der Waals surface area contributed by atoms with Crippen LogP contribution in [0.2, 0.25) is 0 Å². The van der Waals surface area contributed by atoms with E-state index in [1.807, 2.05) is 0 Å². The summed E-state index contributed by atoms with van der Waals surface area (Å²) in [6.45, 7) is 2.59. The number of nitrogens with zero attached hydrogens (tertiary/aromatic N) is 1. The number of aromatic nitrogens is 1. The maximum atomic E-state index is 12.0. The molecule has 0 aliphatic rings. The molecule has 8 heteroatoms. The zero-order valence-electron chi connectivity index (χ0n) is 11.8. The average Bonchev–Trinajstić information content (AvgIpc) is 2.35. The number of sulfone groups is 1. The summed E-state index contributed by atoms with van der Waals surface area (Å²) in [4.78, 5) is 26.3. The van der Waals surface area contributed by atoms with Crippen LogP contribution in [0.5, 0.6) is 0 Å². The van der Waals surface area contributed by atoms with Crippen LogP contribution in [0.25, 0.3) is 6.08 Å². The Hall–Kier alpha value is -2.22. The number of carboxylic acids is 1. The van der Waals surface area contributed by atoms with E-state index in [2.05, 4.69) is 10.3 Å². The number of amides is 1. The topological polar surface area (TPSA) is 113 Å². The van der Waals surface area contributed by atoms with E-state index in [0.717, 1.165) is 12.3 Å². The van der Waals surface area contributed by atoms with Gasteiger partial charge in [0.15, 0.2) is 9.84 Å². The van der Waals surface area contributed by atoms with Crippen LogP contribution in [0.1, 0.15) is 19.4 Å². The van der Waals surface area contributed by atoms with Crippen LogP contribution in [0.4, 0.5) is 5.82 Å².